The second-order valence-electron chi connectivity index (χ2n) is 6.76. The molecule has 3 aromatic rings. The van der Waals surface area contributed by atoms with E-state index in [1.807, 2.05) is 42.7 Å². The lowest BCUT2D eigenvalue weighted by atomic mass is 10.2. The molecule has 0 radical (unpaired) electrons. The monoisotopic (exact) mass is 458 g/mol. The summed E-state index contributed by atoms with van der Waals surface area (Å²) in [5, 5.41) is 12.4. The fourth-order valence-corrected chi connectivity index (χ4v) is 3.81. The van der Waals surface area contributed by atoms with Crippen LogP contribution in [0.5, 0.6) is 5.75 Å². The second-order valence-corrected chi connectivity index (χ2v) is 8.11. The lowest BCUT2D eigenvalue weighted by Crippen LogP contribution is -2.17. The van der Waals surface area contributed by atoms with Crippen molar-refractivity contribution in [1.29, 1.82) is 0 Å². The van der Waals surface area contributed by atoms with E-state index >= 15 is 0 Å². The van der Waals surface area contributed by atoms with Crippen molar-refractivity contribution in [1.82, 2.24) is 14.8 Å². The molecule has 31 heavy (non-hydrogen) atoms. The minimum absolute atomic E-state index is 0.136. The first kappa shape index (κ1) is 22.8. The minimum atomic E-state index is -0.332. The number of hydrogen-bond acceptors (Lipinski definition) is 6. The smallest absolute Gasteiger partial charge is 0.231 e. The van der Waals surface area contributed by atoms with E-state index in [0.717, 1.165) is 5.56 Å². The van der Waals surface area contributed by atoms with Gasteiger partial charge in [0.05, 0.1) is 12.2 Å². The summed E-state index contributed by atoms with van der Waals surface area (Å²) < 4.78 is 7.70. The number of aryl methyl sites for hydroxylation is 1. The van der Waals surface area contributed by atoms with Crippen LogP contribution in [0.3, 0.4) is 0 Å². The molecule has 0 spiro atoms. The molecule has 1 amide bonds. The molecule has 162 valence electrons. The molecule has 2 aromatic carbocycles. The zero-order valence-corrected chi connectivity index (χ0v) is 18.9. The van der Waals surface area contributed by atoms with Gasteiger partial charge in [-0.15, -0.1) is 10.2 Å². The number of nitrogens with zero attached hydrogens (tertiary/aromatic N) is 3. The van der Waals surface area contributed by atoms with Gasteiger partial charge in [-0.05, 0) is 49.7 Å². The molecule has 0 aliphatic rings. The zero-order chi connectivity index (χ0) is 22.2. The number of halogens is 1. The number of hydrogen-bond donors (Lipinski definition) is 1. The lowest BCUT2D eigenvalue weighted by molar-refractivity contribution is -0.123. The summed E-state index contributed by atoms with van der Waals surface area (Å²) in [5.74, 6) is 0.977. The molecule has 0 atom stereocenters. The quantitative estimate of drug-likeness (QED) is 0.355. The van der Waals surface area contributed by atoms with Gasteiger partial charge in [-0.3, -0.25) is 9.59 Å². The molecule has 0 aliphatic heterocycles. The van der Waals surface area contributed by atoms with Gasteiger partial charge in [0.25, 0.3) is 0 Å². The van der Waals surface area contributed by atoms with Gasteiger partial charge in [-0.2, -0.15) is 0 Å². The number of carbonyl (C=O) groups is 2. The molecule has 3 rings (SSSR count). The van der Waals surface area contributed by atoms with E-state index in [9.17, 15) is 9.59 Å². The predicted molar refractivity (Wildman–Crippen MR) is 122 cm³/mol. The van der Waals surface area contributed by atoms with Gasteiger partial charge in [0.2, 0.25) is 5.91 Å². The minimum Gasteiger partial charge on any atom is -0.486 e. The Hall–Kier alpha value is -2.84. The number of rotatable bonds is 10. The molecule has 0 saturated heterocycles. The molecule has 0 unspecified atom stereocenters. The van der Waals surface area contributed by atoms with Gasteiger partial charge in [0, 0.05) is 17.3 Å². The Morgan fingerprint density at radius 2 is 1.94 bits per heavy atom. The summed E-state index contributed by atoms with van der Waals surface area (Å²) in [5.41, 5.74) is 1.60. The van der Waals surface area contributed by atoms with E-state index in [2.05, 4.69) is 15.5 Å². The first-order valence-corrected chi connectivity index (χ1v) is 11.1. The summed E-state index contributed by atoms with van der Waals surface area (Å²) in [6, 6.07) is 14.5. The Kier molecular flexibility index (Phi) is 8.08. The SMILES string of the molecule is CCn1c(COc2ccc(Cl)c(C)c2)nnc1SCC(=O)CC(=O)Nc1ccccc1. The van der Waals surface area contributed by atoms with E-state index < -0.39 is 0 Å². The van der Waals surface area contributed by atoms with E-state index in [-0.39, 0.29) is 30.5 Å². The van der Waals surface area contributed by atoms with Crippen molar-refractivity contribution in [3.63, 3.8) is 0 Å². The Bertz CT molecular complexity index is 1060. The number of carbonyl (C=O) groups excluding carboxylic acids is 2. The van der Waals surface area contributed by atoms with Crippen LogP contribution < -0.4 is 10.1 Å². The number of ketones is 1. The largest absolute Gasteiger partial charge is 0.486 e. The highest BCUT2D eigenvalue weighted by Crippen LogP contribution is 2.23. The molecule has 0 aliphatic carbocycles. The van der Waals surface area contributed by atoms with E-state index in [1.54, 1.807) is 24.3 Å². The van der Waals surface area contributed by atoms with Gasteiger partial charge in [-0.25, -0.2) is 0 Å². The Morgan fingerprint density at radius 3 is 2.65 bits per heavy atom. The number of thioether (sulfide) groups is 1. The number of anilines is 1. The molecule has 7 nitrogen and oxygen atoms in total. The summed E-state index contributed by atoms with van der Waals surface area (Å²) in [4.78, 5) is 24.2. The number of benzene rings is 2. The Morgan fingerprint density at radius 1 is 1.16 bits per heavy atom. The molecule has 9 heteroatoms. The van der Waals surface area contributed by atoms with Gasteiger partial charge in [0.1, 0.15) is 12.4 Å². The van der Waals surface area contributed by atoms with Crippen molar-refractivity contribution >= 4 is 40.7 Å². The summed E-state index contributed by atoms with van der Waals surface area (Å²) in [6.07, 6.45) is -0.186. The fourth-order valence-electron chi connectivity index (χ4n) is 2.81. The van der Waals surface area contributed by atoms with Crippen LogP contribution in [-0.4, -0.2) is 32.2 Å². The van der Waals surface area contributed by atoms with Crippen LogP contribution in [0.1, 0.15) is 24.7 Å². The molecular formula is C22H23ClN4O3S. The van der Waals surface area contributed by atoms with Crippen molar-refractivity contribution < 1.29 is 14.3 Å². The highest BCUT2D eigenvalue weighted by molar-refractivity contribution is 7.99. The molecule has 1 N–H and O–H groups in total. The van der Waals surface area contributed by atoms with Crippen molar-refractivity contribution in [3.8, 4) is 5.75 Å². The van der Waals surface area contributed by atoms with Crippen molar-refractivity contribution in [2.24, 2.45) is 0 Å². The molecule has 1 aromatic heterocycles. The van der Waals surface area contributed by atoms with Crippen LogP contribution in [-0.2, 0) is 22.7 Å². The summed E-state index contributed by atoms with van der Waals surface area (Å²) >= 11 is 7.31. The van der Waals surface area contributed by atoms with E-state index in [0.29, 0.717) is 34.0 Å². The molecule has 1 heterocycles. The maximum absolute atomic E-state index is 12.2. The zero-order valence-electron chi connectivity index (χ0n) is 17.3. The third-order valence-electron chi connectivity index (χ3n) is 4.38. The average molecular weight is 459 g/mol. The molecular weight excluding hydrogens is 436 g/mol. The van der Waals surface area contributed by atoms with Crippen LogP contribution in [0.25, 0.3) is 0 Å². The first-order valence-electron chi connectivity index (χ1n) is 9.76. The molecule has 0 saturated carbocycles. The summed E-state index contributed by atoms with van der Waals surface area (Å²) in [6.45, 7) is 4.76. The maximum Gasteiger partial charge on any atom is 0.231 e. The predicted octanol–water partition coefficient (Wildman–Crippen LogP) is 4.53. The topological polar surface area (TPSA) is 86.1 Å². The fraction of sp³-hybridized carbons (Fsp3) is 0.273. The molecule has 0 fully saturated rings. The molecule has 0 bridgehead atoms. The summed E-state index contributed by atoms with van der Waals surface area (Å²) in [7, 11) is 0. The van der Waals surface area contributed by atoms with E-state index in [4.69, 9.17) is 16.3 Å². The van der Waals surface area contributed by atoms with Crippen LogP contribution in [0.15, 0.2) is 53.7 Å². The van der Waals surface area contributed by atoms with Gasteiger partial charge in [-0.1, -0.05) is 41.6 Å². The van der Waals surface area contributed by atoms with Crippen molar-refractivity contribution in [2.75, 3.05) is 11.1 Å². The number of amides is 1. The maximum atomic E-state index is 12.2. The number of aromatic nitrogens is 3. The third-order valence-corrected chi connectivity index (χ3v) is 5.84. The highest BCUT2D eigenvalue weighted by Gasteiger charge is 2.16. The number of nitrogens with one attached hydrogen (secondary N) is 1. The van der Waals surface area contributed by atoms with Gasteiger partial charge in [0.15, 0.2) is 16.8 Å². The van der Waals surface area contributed by atoms with Crippen molar-refractivity contribution in [2.45, 2.75) is 38.6 Å². The number of para-hydroxylation sites is 1. The normalized spacial score (nSPS) is 10.7. The Balaban J connectivity index is 1.52. The van der Waals surface area contributed by atoms with Crippen LogP contribution in [0.4, 0.5) is 5.69 Å². The van der Waals surface area contributed by atoms with Crippen LogP contribution in [0.2, 0.25) is 5.02 Å². The number of Topliss-reactive ketones (excluding diaryl/α,β-unsaturated/α-hetero) is 1. The highest BCUT2D eigenvalue weighted by atomic mass is 35.5. The lowest BCUT2D eigenvalue weighted by Gasteiger charge is -2.09. The number of ether oxygens (including phenoxy) is 1. The Labute approximate surface area is 190 Å². The van der Waals surface area contributed by atoms with Crippen molar-refractivity contribution in [3.05, 3.63) is 64.9 Å². The second kappa shape index (κ2) is 11.0. The van der Waals surface area contributed by atoms with Crippen LogP contribution in [0, 0.1) is 6.92 Å². The third kappa shape index (κ3) is 6.57. The van der Waals surface area contributed by atoms with E-state index in [1.165, 1.54) is 11.8 Å². The first-order chi connectivity index (χ1) is 15.0. The van der Waals surface area contributed by atoms with Gasteiger partial charge >= 0.3 is 0 Å². The average Bonchev–Trinajstić information content (AvgIpc) is 3.15. The standard InChI is InChI=1S/C22H23ClN4O3S/c1-3-27-20(13-30-18-9-10-19(23)15(2)11-18)25-26-22(27)31-14-17(28)12-21(29)24-16-7-5-4-6-8-16/h4-11H,3,12-14H2,1-2H3,(H,24,29). The van der Waals surface area contributed by atoms with Crippen LogP contribution >= 0.6 is 23.4 Å². The van der Waals surface area contributed by atoms with Gasteiger partial charge < -0.3 is 14.6 Å².